The van der Waals surface area contributed by atoms with Crippen LogP contribution in [0.4, 0.5) is 0 Å². The smallest absolute Gasteiger partial charge is 0.308 e. The third-order valence-electron chi connectivity index (χ3n) is 3.31. The number of benzene rings is 2. The molecular weight excluding hydrogens is 278 g/mol. The summed E-state index contributed by atoms with van der Waals surface area (Å²) in [5.41, 5.74) is 2.34. The Kier molecular flexibility index (Phi) is 3.74. The average Bonchev–Trinajstić information content (AvgIpc) is 2.54. The normalized spacial score (nSPS) is 10.5. The SMILES string of the molecule is COc1ccc(OC(C)=O)c(-c2ccc3ccccc3n2)c1. The van der Waals surface area contributed by atoms with E-state index in [9.17, 15) is 4.79 Å². The molecule has 0 N–H and O–H groups in total. The summed E-state index contributed by atoms with van der Waals surface area (Å²) >= 11 is 0. The monoisotopic (exact) mass is 293 g/mol. The molecule has 1 heterocycles. The van der Waals surface area contributed by atoms with Crippen molar-refractivity contribution in [1.82, 2.24) is 4.98 Å². The molecule has 0 fully saturated rings. The van der Waals surface area contributed by atoms with E-state index in [0.717, 1.165) is 22.2 Å². The Morgan fingerprint density at radius 2 is 1.86 bits per heavy atom. The van der Waals surface area contributed by atoms with Gasteiger partial charge in [-0.2, -0.15) is 0 Å². The van der Waals surface area contributed by atoms with Crippen LogP contribution in [0.3, 0.4) is 0 Å². The maximum Gasteiger partial charge on any atom is 0.308 e. The molecule has 3 aromatic rings. The maximum absolute atomic E-state index is 11.3. The van der Waals surface area contributed by atoms with Crippen molar-refractivity contribution in [2.24, 2.45) is 0 Å². The first kappa shape index (κ1) is 14.1. The number of methoxy groups -OCH3 is 1. The fourth-order valence-corrected chi connectivity index (χ4v) is 2.30. The fraction of sp³-hybridized carbons (Fsp3) is 0.111. The zero-order chi connectivity index (χ0) is 15.5. The lowest BCUT2D eigenvalue weighted by atomic mass is 10.1. The van der Waals surface area contributed by atoms with Crippen molar-refractivity contribution in [3.63, 3.8) is 0 Å². The van der Waals surface area contributed by atoms with Crippen LogP contribution < -0.4 is 9.47 Å². The number of rotatable bonds is 3. The Hall–Kier alpha value is -2.88. The Labute approximate surface area is 128 Å². The number of para-hydroxylation sites is 1. The van der Waals surface area contributed by atoms with Crippen LogP contribution in [-0.4, -0.2) is 18.1 Å². The molecular formula is C18H15NO3. The predicted molar refractivity (Wildman–Crippen MR) is 85.0 cm³/mol. The number of pyridine rings is 1. The van der Waals surface area contributed by atoms with Crippen LogP contribution in [0.5, 0.6) is 11.5 Å². The second-order valence-electron chi connectivity index (χ2n) is 4.84. The van der Waals surface area contributed by atoms with Crippen molar-refractivity contribution in [2.45, 2.75) is 6.92 Å². The van der Waals surface area contributed by atoms with Crippen LogP contribution in [0, 0.1) is 0 Å². The van der Waals surface area contributed by atoms with Gasteiger partial charge in [0.15, 0.2) is 0 Å². The van der Waals surface area contributed by atoms with E-state index < -0.39 is 0 Å². The van der Waals surface area contributed by atoms with Gasteiger partial charge in [0.25, 0.3) is 0 Å². The molecule has 1 aromatic heterocycles. The minimum absolute atomic E-state index is 0.368. The number of carbonyl (C=O) groups is 1. The van der Waals surface area contributed by atoms with Crippen molar-refractivity contribution >= 4 is 16.9 Å². The van der Waals surface area contributed by atoms with Crippen LogP contribution >= 0.6 is 0 Å². The molecule has 0 spiro atoms. The molecule has 3 rings (SSSR count). The van der Waals surface area contributed by atoms with Gasteiger partial charge in [0.1, 0.15) is 11.5 Å². The first-order chi connectivity index (χ1) is 10.7. The molecule has 0 aliphatic heterocycles. The van der Waals surface area contributed by atoms with Gasteiger partial charge in [-0.1, -0.05) is 24.3 Å². The van der Waals surface area contributed by atoms with E-state index >= 15 is 0 Å². The van der Waals surface area contributed by atoms with E-state index in [4.69, 9.17) is 9.47 Å². The summed E-state index contributed by atoms with van der Waals surface area (Å²) in [5.74, 6) is 0.782. The van der Waals surface area contributed by atoms with Gasteiger partial charge in [0.05, 0.1) is 18.3 Å². The number of esters is 1. The van der Waals surface area contributed by atoms with E-state index in [1.165, 1.54) is 6.92 Å². The molecule has 0 atom stereocenters. The predicted octanol–water partition coefficient (Wildman–Crippen LogP) is 3.84. The zero-order valence-electron chi connectivity index (χ0n) is 12.4. The van der Waals surface area contributed by atoms with Gasteiger partial charge in [-0.25, -0.2) is 4.98 Å². The fourth-order valence-electron chi connectivity index (χ4n) is 2.30. The Balaban J connectivity index is 2.16. The second kappa shape index (κ2) is 5.85. The highest BCUT2D eigenvalue weighted by atomic mass is 16.5. The standard InChI is InChI=1S/C18H15NO3/c1-12(20)22-18-10-8-14(21-2)11-15(18)17-9-7-13-5-3-4-6-16(13)19-17/h3-11H,1-2H3. The lowest BCUT2D eigenvalue weighted by Gasteiger charge is -2.11. The number of hydrogen-bond donors (Lipinski definition) is 0. The van der Waals surface area contributed by atoms with Gasteiger partial charge < -0.3 is 9.47 Å². The third-order valence-corrected chi connectivity index (χ3v) is 3.31. The second-order valence-corrected chi connectivity index (χ2v) is 4.84. The molecule has 0 radical (unpaired) electrons. The summed E-state index contributed by atoms with van der Waals surface area (Å²) in [5, 5.41) is 1.06. The van der Waals surface area contributed by atoms with Gasteiger partial charge >= 0.3 is 5.97 Å². The van der Waals surface area contributed by atoms with E-state index in [1.807, 2.05) is 42.5 Å². The molecule has 2 aromatic carbocycles. The number of aromatic nitrogens is 1. The lowest BCUT2D eigenvalue weighted by Crippen LogP contribution is -2.03. The van der Waals surface area contributed by atoms with Crippen LogP contribution in [0.15, 0.2) is 54.6 Å². The molecule has 0 saturated carbocycles. The summed E-state index contributed by atoms with van der Waals surface area (Å²) in [6.07, 6.45) is 0. The molecule has 0 unspecified atom stereocenters. The molecule has 110 valence electrons. The number of carbonyl (C=O) groups excluding carboxylic acids is 1. The van der Waals surface area contributed by atoms with Gasteiger partial charge in [0, 0.05) is 17.9 Å². The van der Waals surface area contributed by atoms with Crippen molar-refractivity contribution in [2.75, 3.05) is 7.11 Å². The van der Waals surface area contributed by atoms with Crippen molar-refractivity contribution < 1.29 is 14.3 Å². The number of nitrogens with zero attached hydrogens (tertiary/aromatic N) is 1. The minimum atomic E-state index is -0.368. The molecule has 0 aliphatic rings. The molecule has 0 saturated heterocycles. The summed E-state index contributed by atoms with van der Waals surface area (Å²) < 4.78 is 10.5. The number of hydrogen-bond acceptors (Lipinski definition) is 4. The van der Waals surface area contributed by atoms with Crippen LogP contribution in [0.2, 0.25) is 0 Å². The quantitative estimate of drug-likeness (QED) is 0.544. The minimum Gasteiger partial charge on any atom is -0.497 e. The average molecular weight is 293 g/mol. The van der Waals surface area contributed by atoms with E-state index in [1.54, 1.807) is 19.2 Å². The molecule has 22 heavy (non-hydrogen) atoms. The third kappa shape index (κ3) is 2.76. The largest absolute Gasteiger partial charge is 0.497 e. The molecule has 0 amide bonds. The molecule has 4 heteroatoms. The highest BCUT2D eigenvalue weighted by Gasteiger charge is 2.12. The lowest BCUT2D eigenvalue weighted by molar-refractivity contribution is -0.131. The van der Waals surface area contributed by atoms with Crippen LogP contribution in [0.1, 0.15) is 6.92 Å². The maximum atomic E-state index is 11.3. The Morgan fingerprint density at radius 1 is 1.05 bits per heavy atom. The van der Waals surface area contributed by atoms with Crippen molar-refractivity contribution in [3.8, 4) is 22.8 Å². The zero-order valence-corrected chi connectivity index (χ0v) is 12.4. The Bertz CT molecular complexity index is 843. The topological polar surface area (TPSA) is 48.4 Å². The summed E-state index contributed by atoms with van der Waals surface area (Å²) in [7, 11) is 1.60. The van der Waals surface area contributed by atoms with Crippen molar-refractivity contribution in [1.29, 1.82) is 0 Å². The summed E-state index contributed by atoms with van der Waals surface area (Å²) in [6, 6.07) is 17.1. The van der Waals surface area contributed by atoms with E-state index in [2.05, 4.69) is 4.98 Å². The van der Waals surface area contributed by atoms with E-state index in [-0.39, 0.29) is 5.97 Å². The number of ether oxygens (including phenoxy) is 2. The van der Waals surface area contributed by atoms with Gasteiger partial charge in [0.2, 0.25) is 0 Å². The van der Waals surface area contributed by atoms with Crippen molar-refractivity contribution in [3.05, 3.63) is 54.6 Å². The van der Waals surface area contributed by atoms with E-state index in [0.29, 0.717) is 11.5 Å². The van der Waals surface area contributed by atoms with Crippen LogP contribution in [-0.2, 0) is 4.79 Å². The highest BCUT2D eigenvalue weighted by Crippen LogP contribution is 2.33. The Morgan fingerprint density at radius 3 is 2.64 bits per heavy atom. The summed E-state index contributed by atoms with van der Waals surface area (Å²) in [4.78, 5) is 15.9. The van der Waals surface area contributed by atoms with Crippen LogP contribution in [0.25, 0.3) is 22.2 Å². The summed E-state index contributed by atoms with van der Waals surface area (Å²) in [6.45, 7) is 1.38. The van der Waals surface area contributed by atoms with Gasteiger partial charge in [-0.15, -0.1) is 0 Å². The number of fused-ring (bicyclic) bond motifs is 1. The molecule has 0 aliphatic carbocycles. The first-order valence-corrected chi connectivity index (χ1v) is 6.90. The molecule has 4 nitrogen and oxygen atoms in total. The van der Waals surface area contributed by atoms with Gasteiger partial charge in [-0.05, 0) is 30.3 Å². The molecule has 0 bridgehead atoms. The van der Waals surface area contributed by atoms with Gasteiger partial charge in [-0.3, -0.25) is 4.79 Å². The highest BCUT2D eigenvalue weighted by molar-refractivity contribution is 5.83. The first-order valence-electron chi connectivity index (χ1n) is 6.90.